The summed E-state index contributed by atoms with van der Waals surface area (Å²) in [5, 5.41) is 14.4. The van der Waals surface area contributed by atoms with Gasteiger partial charge in [0, 0.05) is 42.0 Å². The summed E-state index contributed by atoms with van der Waals surface area (Å²) < 4.78 is 7.13. The predicted octanol–water partition coefficient (Wildman–Crippen LogP) is 2.92. The maximum atomic E-state index is 13.2. The Balaban J connectivity index is 1.31. The number of hydrogen-bond donors (Lipinski definition) is 2. The molecule has 1 saturated heterocycles. The number of morpholine rings is 1. The van der Waals surface area contributed by atoms with Crippen LogP contribution in [0, 0.1) is 0 Å². The number of carbonyl (C=O) groups is 1. The van der Waals surface area contributed by atoms with E-state index in [0.717, 1.165) is 68.6 Å². The van der Waals surface area contributed by atoms with Crippen LogP contribution in [0.3, 0.4) is 0 Å². The Morgan fingerprint density at radius 3 is 2.62 bits per heavy atom. The Morgan fingerprint density at radius 1 is 1.03 bits per heavy atom. The highest BCUT2D eigenvalue weighted by Gasteiger charge is 2.21. The van der Waals surface area contributed by atoms with Gasteiger partial charge in [-0.2, -0.15) is 0 Å². The molecule has 0 radical (unpaired) electrons. The number of hydrogen-bond acceptors (Lipinski definition) is 5. The molecule has 0 unspecified atom stereocenters. The Morgan fingerprint density at radius 2 is 1.82 bits per heavy atom. The number of nitrogens with one attached hydrogen (secondary N) is 1. The van der Waals surface area contributed by atoms with E-state index in [2.05, 4.69) is 16.3 Å². The van der Waals surface area contributed by atoms with Crippen LogP contribution < -0.4 is 15.8 Å². The minimum Gasteiger partial charge on any atom is -0.393 e. The number of aliphatic hydroxyl groups excluding tert-OH is 1. The second-order valence-electron chi connectivity index (χ2n) is 9.30. The van der Waals surface area contributed by atoms with E-state index in [-0.39, 0.29) is 23.6 Å². The van der Waals surface area contributed by atoms with Crippen LogP contribution in [0.25, 0.3) is 10.8 Å². The van der Waals surface area contributed by atoms with E-state index < -0.39 is 0 Å². The van der Waals surface area contributed by atoms with Gasteiger partial charge in [-0.05, 0) is 73.0 Å². The van der Waals surface area contributed by atoms with Crippen molar-refractivity contribution in [1.82, 2.24) is 9.88 Å². The highest BCUT2D eigenvalue weighted by atomic mass is 16.5. The lowest BCUT2D eigenvalue weighted by Gasteiger charge is -2.29. The Bertz CT molecular complexity index is 1220. The summed E-state index contributed by atoms with van der Waals surface area (Å²) in [6, 6.07) is 15.5. The summed E-state index contributed by atoms with van der Waals surface area (Å²) in [5.41, 5.74) is 2.56. The molecule has 3 aromatic rings. The molecule has 0 bridgehead atoms. The first-order valence-electron chi connectivity index (χ1n) is 12.1. The van der Waals surface area contributed by atoms with Gasteiger partial charge >= 0.3 is 0 Å². The number of carbonyl (C=O) groups excluding carboxylic acids is 1. The summed E-state index contributed by atoms with van der Waals surface area (Å²) in [6.07, 6.45) is 4.63. The highest BCUT2D eigenvalue weighted by molar-refractivity contribution is 5.94. The van der Waals surface area contributed by atoms with Gasteiger partial charge in [-0.15, -0.1) is 0 Å². The van der Waals surface area contributed by atoms with Crippen LogP contribution in [0.4, 0.5) is 5.69 Å². The maximum absolute atomic E-state index is 13.2. The predicted molar refractivity (Wildman–Crippen MR) is 133 cm³/mol. The average Bonchev–Trinajstić information content (AvgIpc) is 2.87. The zero-order valence-electron chi connectivity index (χ0n) is 19.3. The highest BCUT2D eigenvalue weighted by Crippen LogP contribution is 2.22. The number of benzene rings is 2. The van der Waals surface area contributed by atoms with Gasteiger partial charge < -0.3 is 24.6 Å². The van der Waals surface area contributed by atoms with Crippen LogP contribution in [0.1, 0.15) is 41.6 Å². The van der Waals surface area contributed by atoms with E-state index in [1.807, 2.05) is 42.6 Å². The van der Waals surface area contributed by atoms with Crippen molar-refractivity contribution >= 4 is 22.4 Å². The lowest BCUT2D eigenvalue weighted by molar-refractivity contribution is 0.0867. The first-order chi connectivity index (χ1) is 16.6. The molecule has 2 fully saturated rings. The van der Waals surface area contributed by atoms with Gasteiger partial charge in [0.15, 0.2) is 0 Å². The van der Waals surface area contributed by atoms with Crippen molar-refractivity contribution in [3.8, 4) is 0 Å². The number of anilines is 1. The molecule has 0 spiro atoms. The van der Waals surface area contributed by atoms with Crippen molar-refractivity contribution in [3.05, 3.63) is 76.2 Å². The largest absolute Gasteiger partial charge is 0.393 e. The minimum absolute atomic E-state index is 0.0401. The second-order valence-corrected chi connectivity index (χ2v) is 9.30. The van der Waals surface area contributed by atoms with Crippen LogP contribution in [0.15, 0.2) is 59.5 Å². The lowest BCUT2D eigenvalue weighted by atomic mass is 9.93. The second kappa shape index (κ2) is 9.99. The van der Waals surface area contributed by atoms with E-state index in [0.29, 0.717) is 17.5 Å². The summed E-state index contributed by atoms with van der Waals surface area (Å²) in [7, 11) is 0. The van der Waals surface area contributed by atoms with Gasteiger partial charge in [0.25, 0.3) is 11.5 Å². The van der Waals surface area contributed by atoms with Crippen molar-refractivity contribution in [2.75, 3.05) is 31.2 Å². The maximum Gasteiger partial charge on any atom is 0.258 e. The molecule has 7 nitrogen and oxygen atoms in total. The fourth-order valence-corrected chi connectivity index (χ4v) is 4.91. The van der Waals surface area contributed by atoms with Crippen molar-refractivity contribution in [2.24, 2.45) is 0 Å². The van der Waals surface area contributed by atoms with E-state index in [9.17, 15) is 14.7 Å². The van der Waals surface area contributed by atoms with Crippen LogP contribution in [0.2, 0.25) is 0 Å². The van der Waals surface area contributed by atoms with E-state index in [4.69, 9.17) is 4.74 Å². The molecule has 1 saturated carbocycles. The minimum atomic E-state index is -0.247. The van der Waals surface area contributed by atoms with Gasteiger partial charge in [-0.3, -0.25) is 9.59 Å². The van der Waals surface area contributed by atoms with E-state index in [1.165, 1.54) is 0 Å². The van der Waals surface area contributed by atoms with Crippen LogP contribution in [0.5, 0.6) is 0 Å². The first kappa shape index (κ1) is 22.6. The van der Waals surface area contributed by atoms with Gasteiger partial charge in [-0.25, -0.2) is 0 Å². The van der Waals surface area contributed by atoms with E-state index >= 15 is 0 Å². The fourth-order valence-electron chi connectivity index (χ4n) is 4.91. The zero-order valence-corrected chi connectivity index (χ0v) is 19.3. The molecule has 1 aliphatic carbocycles. The SMILES string of the molecule is O=C(N[C@H]1CC[C@H](O)CC1)c1cccc(Cn2ccc3cc(N4CCOCC4)ccc3c2=O)c1. The van der Waals surface area contributed by atoms with Crippen molar-refractivity contribution < 1.29 is 14.6 Å². The zero-order chi connectivity index (χ0) is 23.5. The monoisotopic (exact) mass is 461 g/mol. The smallest absolute Gasteiger partial charge is 0.258 e. The number of aliphatic hydroxyl groups is 1. The van der Waals surface area contributed by atoms with Gasteiger partial charge in [0.05, 0.1) is 25.9 Å². The first-order valence-corrected chi connectivity index (χ1v) is 12.1. The molecule has 178 valence electrons. The Labute approximate surface area is 199 Å². The molecule has 7 heteroatoms. The third kappa shape index (κ3) is 5.00. The third-order valence-electron chi connectivity index (χ3n) is 6.91. The Kier molecular flexibility index (Phi) is 6.65. The fraction of sp³-hybridized carbons (Fsp3) is 0.407. The van der Waals surface area contributed by atoms with Gasteiger partial charge in [-0.1, -0.05) is 12.1 Å². The molecule has 5 rings (SSSR count). The molecule has 0 atom stereocenters. The summed E-state index contributed by atoms with van der Waals surface area (Å²) in [5.74, 6) is -0.107. The molecular formula is C27H31N3O4. The number of nitrogens with zero attached hydrogens (tertiary/aromatic N) is 2. The molecular weight excluding hydrogens is 430 g/mol. The van der Waals surface area contributed by atoms with Crippen molar-refractivity contribution in [1.29, 1.82) is 0 Å². The summed E-state index contributed by atoms with van der Waals surface area (Å²) in [4.78, 5) is 28.2. The molecule has 1 aliphatic heterocycles. The number of aromatic nitrogens is 1. The Hall–Kier alpha value is -3.16. The number of fused-ring (bicyclic) bond motifs is 1. The topological polar surface area (TPSA) is 83.8 Å². The molecule has 2 aliphatic rings. The average molecular weight is 462 g/mol. The van der Waals surface area contributed by atoms with Crippen molar-refractivity contribution in [3.63, 3.8) is 0 Å². The molecule has 1 amide bonds. The number of amides is 1. The molecule has 34 heavy (non-hydrogen) atoms. The molecule has 2 aromatic carbocycles. The normalized spacial score (nSPS) is 20.9. The van der Waals surface area contributed by atoms with Crippen LogP contribution >= 0.6 is 0 Å². The lowest BCUT2D eigenvalue weighted by Crippen LogP contribution is -2.38. The number of pyridine rings is 1. The van der Waals surface area contributed by atoms with Crippen molar-refractivity contribution in [2.45, 2.75) is 44.4 Å². The molecule has 2 N–H and O–H groups in total. The van der Waals surface area contributed by atoms with Crippen LogP contribution in [-0.2, 0) is 11.3 Å². The summed E-state index contributed by atoms with van der Waals surface area (Å²) >= 11 is 0. The van der Waals surface area contributed by atoms with E-state index in [1.54, 1.807) is 10.6 Å². The number of rotatable bonds is 5. The van der Waals surface area contributed by atoms with Gasteiger partial charge in [0.1, 0.15) is 0 Å². The van der Waals surface area contributed by atoms with Crippen LogP contribution in [-0.4, -0.2) is 54.0 Å². The standard InChI is InChI=1S/C27H31N3O4/c31-24-7-4-22(5-8-24)28-26(32)21-3-1-2-19(16-21)18-30-11-10-20-17-23(6-9-25(20)27(30)33)29-12-14-34-15-13-29/h1-3,6,9-11,16-17,22,24,31H,4-5,7-8,12-15,18H2,(H,28,32)/t22-,24-. The molecule has 1 aromatic heterocycles. The summed E-state index contributed by atoms with van der Waals surface area (Å²) in [6.45, 7) is 3.56. The van der Waals surface area contributed by atoms with Gasteiger partial charge in [0.2, 0.25) is 0 Å². The third-order valence-corrected chi connectivity index (χ3v) is 6.91. The quantitative estimate of drug-likeness (QED) is 0.611. The molecule has 2 heterocycles. The number of ether oxygens (including phenoxy) is 1.